The Morgan fingerprint density at radius 3 is 2.33 bits per heavy atom. The first-order valence-corrected chi connectivity index (χ1v) is 5.52. The molecule has 2 rings (SSSR count). The van der Waals surface area contributed by atoms with Crippen LogP contribution < -0.4 is 11.3 Å². The summed E-state index contributed by atoms with van der Waals surface area (Å²) in [5, 5.41) is 8.90. The van der Waals surface area contributed by atoms with Gasteiger partial charge in [0.05, 0.1) is 0 Å². The lowest BCUT2D eigenvalue weighted by molar-refractivity contribution is 0.980. The van der Waals surface area contributed by atoms with E-state index in [1.54, 1.807) is 0 Å². The summed E-state index contributed by atoms with van der Waals surface area (Å²) in [7, 11) is 0. The van der Waals surface area contributed by atoms with Crippen LogP contribution in [0.5, 0.6) is 0 Å². The normalized spacial score (nSPS) is 10.1. The van der Waals surface area contributed by atoms with Crippen LogP contribution in [-0.2, 0) is 0 Å². The molecule has 0 spiro atoms. The summed E-state index contributed by atoms with van der Waals surface area (Å²) in [6, 6.07) is 9.04. The average Bonchev–Trinajstić information content (AvgIpc) is 2.30. The molecule has 0 bridgehead atoms. The van der Waals surface area contributed by atoms with Gasteiger partial charge in [0, 0.05) is 17.6 Å². The highest BCUT2D eigenvalue weighted by Crippen LogP contribution is 2.13. The van der Waals surface area contributed by atoms with Crippen molar-refractivity contribution in [2.24, 2.45) is 0 Å². The summed E-state index contributed by atoms with van der Waals surface area (Å²) < 4.78 is 1.41. The number of pyridine rings is 1. The number of nitrogen functional groups attached to an aromatic ring is 1. The number of aryl methyl sites for hydroxylation is 2. The first kappa shape index (κ1) is 11.9. The monoisotopic (exact) mass is 239 g/mol. The Kier molecular flexibility index (Phi) is 2.90. The van der Waals surface area contributed by atoms with Gasteiger partial charge in [-0.2, -0.15) is 5.26 Å². The maximum absolute atomic E-state index is 12.1. The Morgan fingerprint density at radius 1 is 1.17 bits per heavy atom. The highest BCUT2D eigenvalue weighted by Gasteiger charge is 2.07. The number of benzene rings is 1. The SMILES string of the molecule is Cc1cc(C)cc(-n2cc(N)cc(C#N)c2=O)c1. The molecule has 4 nitrogen and oxygen atoms in total. The largest absolute Gasteiger partial charge is 0.397 e. The zero-order valence-corrected chi connectivity index (χ0v) is 10.3. The molecule has 1 aromatic carbocycles. The van der Waals surface area contributed by atoms with Gasteiger partial charge in [-0.15, -0.1) is 0 Å². The van der Waals surface area contributed by atoms with Crippen molar-refractivity contribution in [1.29, 1.82) is 5.26 Å². The zero-order chi connectivity index (χ0) is 13.3. The van der Waals surface area contributed by atoms with E-state index in [1.807, 2.05) is 38.1 Å². The lowest BCUT2D eigenvalue weighted by Gasteiger charge is -2.09. The van der Waals surface area contributed by atoms with Crippen LogP contribution in [0.25, 0.3) is 5.69 Å². The van der Waals surface area contributed by atoms with Crippen LogP contribution in [0.3, 0.4) is 0 Å². The molecule has 90 valence electrons. The summed E-state index contributed by atoms with van der Waals surface area (Å²) >= 11 is 0. The van der Waals surface area contributed by atoms with Gasteiger partial charge in [-0.1, -0.05) is 6.07 Å². The molecular formula is C14H13N3O. The maximum Gasteiger partial charge on any atom is 0.273 e. The van der Waals surface area contributed by atoms with E-state index in [1.165, 1.54) is 16.8 Å². The lowest BCUT2D eigenvalue weighted by atomic mass is 10.1. The maximum atomic E-state index is 12.1. The standard InChI is InChI=1S/C14H13N3O/c1-9-3-10(2)5-13(4-9)17-8-12(16)6-11(7-15)14(17)18/h3-6,8H,16H2,1-2H3. The second-order valence-electron chi connectivity index (χ2n) is 4.32. The van der Waals surface area contributed by atoms with Crippen molar-refractivity contribution < 1.29 is 0 Å². The quantitative estimate of drug-likeness (QED) is 0.826. The first-order chi connectivity index (χ1) is 8.51. The number of hydrogen-bond acceptors (Lipinski definition) is 3. The van der Waals surface area contributed by atoms with Crippen molar-refractivity contribution in [3.63, 3.8) is 0 Å². The van der Waals surface area contributed by atoms with E-state index in [0.29, 0.717) is 5.69 Å². The van der Waals surface area contributed by atoms with E-state index >= 15 is 0 Å². The predicted octanol–water partition coefficient (Wildman–Crippen LogP) is 1.91. The smallest absolute Gasteiger partial charge is 0.273 e. The van der Waals surface area contributed by atoms with Gasteiger partial charge < -0.3 is 5.73 Å². The molecule has 0 saturated carbocycles. The van der Waals surface area contributed by atoms with Crippen LogP contribution in [0.1, 0.15) is 16.7 Å². The second-order valence-corrected chi connectivity index (χ2v) is 4.32. The highest BCUT2D eigenvalue weighted by molar-refractivity contribution is 5.48. The van der Waals surface area contributed by atoms with Crippen molar-refractivity contribution in [1.82, 2.24) is 4.57 Å². The molecule has 4 heteroatoms. The van der Waals surface area contributed by atoms with Crippen LogP contribution in [0, 0.1) is 25.2 Å². The van der Waals surface area contributed by atoms with E-state index < -0.39 is 0 Å². The minimum atomic E-state index is -0.350. The third kappa shape index (κ3) is 2.11. The molecule has 0 aliphatic rings. The Hall–Kier alpha value is -2.54. The Balaban J connectivity index is 2.75. The van der Waals surface area contributed by atoms with E-state index in [4.69, 9.17) is 11.0 Å². The number of nitriles is 1. The third-order valence-corrected chi connectivity index (χ3v) is 2.64. The first-order valence-electron chi connectivity index (χ1n) is 5.52. The minimum Gasteiger partial charge on any atom is -0.397 e. The Bertz CT molecular complexity index is 688. The molecular weight excluding hydrogens is 226 g/mol. The van der Waals surface area contributed by atoms with Crippen molar-refractivity contribution in [3.05, 3.63) is 57.5 Å². The fraction of sp³-hybridized carbons (Fsp3) is 0.143. The molecule has 1 heterocycles. The van der Waals surface area contributed by atoms with Gasteiger partial charge in [0.15, 0.2) is 0 Å². The van der Waals surface area contributed by atoms with Crippen molar-refractivity contribution >= 4 is 5.69 Å². The molecule has 0 radical (unpaired) electrons. The summed E-state index contributed by atoms with van der Waals surface area (Å²) in [5.41, 5.74) is 8.63. The zero-order valence-electron chi connectivity index (χ0n) is 10.3. The molecule has 0 aliphatic carbocycles. The van der Waals surface area contributed by atoms with Crippen LogP contribution in [0.4, 0.5) is 5.69 Å². The molecule has 0 saturated heterocycles. The van der Waals surface area contributed by atoms with Crippen molar-refractivity contribution in [2.75, 3.05) is 5.73 Å². The van der Waals surface area contributed by atoms with Crippen molar-refractivity contribution in [2.45, 2.75) is 13.8 Å². The fourth-order valence-corrected chi connectivity index (χ4v) is 1.96. The topological polar surface area (TPSA) is 71.8 Å². The molecule has 0 unspecified atom stereocenters. The Morgan fingerprint density at radius 2 is 1.78 bits per heavy atom. The van der Waals surface area contributed by atoms with Crippen LogP contribution in [0.15, 0.2) is 35.3 Å². The average molecular weight is 239 g/mol. The summed E-state index contributed by atoms with van der Waals surface area (Å²) in [5.74, 6) is 0. The summed E-state index contributed by atoms with van der Waals surface area (Å²) in [6.07, 6.45) is 1.54. The summed E-state index contributed by atoms with van der Waals surface area (Å²) in [4.78, 5) is 12.1. The third-order valence-electron chi connectivity index (χ3n) is 2.64. The number of aromatic nitrogens is 1. The Labute approximate surface area is 105 Å². The predicted molar refractivity (Wildman–Crippen MR) is 70.6 cm³/mol. The molecule has 0 fully saturated rings. The van der Waals surface area contributed by atoms with E-state index in [9.17, 15) is 4.79 Å². The van der Waals surface area contributed by atoms with Gasteiger partial charge in [0.1, 0.15) is 11.6 Å². The van der Waals surface area contributed by atoms with Crippen LogP contribution in [0.2, 0.25) is 0 Å². The molecule has 1 aromatic heterocycles. The second kappa shape index (κ2) is 4.38. The van der Waals surface area contributed by atoms with Crippen LogP contribution >= 0.6 is 0 Å². The number of nitrogens with zero attached hydrogens (tertiary/aromatic N) is 2. The van der Waals surface area contributed by atoms with Gasteiger partial charge in [0.25, 0.3) is 5.56 Å². The number of hydrogen-bond donors (Lipinski definition) is 1. The number of rotatable bonds is 1. The van der Waals surface area contributed by atoms with Gasteiger partial charge in [-0.3, -0.25) is 9.36 Å². The van der Waals surface area contributed by atoms with E-state index in [2.05, 4.69) is 0 Å². The van der Waals surface area contributed by atoms with E-state index in [-0.39, 0.29) is 11.1 Å². The molecule has 2 N–H and O–H groups in total. The van der Waals surface area contributed by atoms with Gasteiger partial charge in [-0.05, 0) is 43.2 Å². The molecule has 2 aromatic rings. The fourth-order valence-electron chi connectivity index (χ4n) is 1.96. The number of nitrogens with two attached hydrogens (primary N) is 1. The van der Waals surface area contributed by atoms with Gasteiger partial charge in [-0.25, -0.2) is 0 Å². The molecule has 0 amide bonds. The van der Waals surface area contributed by atoms with Gasteiger partial charge >= 0.3 is 0 Å². The molecule has 18 heavy (non-hydrogen) atoms. The minimum absolute atomic E-state index is 0.0501. The van der Waals surface area contributed by atoms with Crippen molar-refractivity contribution in [3.8, 4) is 11.8 Å². The molecule has 0 aliphatic heterocycles. The molecule has 0 atom stereocenters. The highest BCUT2D eigenvalue weighted by atomic mass is 16.1. The summed E-state index contributed by atoms with van der Waals surface area (Å²) in [6.45, 7) is 3.91. The number of anilines is 1. The van der Waals surface area contributed by atoms with Crippen LogP contribution in [-0.4, -0.2) is 4.57 Å². The lowest BCUT2D eigenvalue weighted by Crippen LogP contribution is -2.21. The van der Waals surface area contributed by atoms with E-state index in [0.717, 1.165) is 16.8 Å². The van der Waals surface area contributed by atoms with Gasteiger partial charge in [0.2, 0.25) is 0 Å².